The molecular formula is C25H36BClN4O5. The highest BCUT2D eigenvalue weighted by Crippen LogP contribution is 2.37. The van der Waals surface area contributed by atoms with Gasteiger partial charge in [0.05, 0.1) is 34.0 Å². The van der Waals surface area contributed by atoms with Crippen molar-refractivity contribution in [2.45, 2.75) is 83.8 Å². The number of nitrogens with one attached hydrogen (secondary N) is 1. The van der Waals surface area contributed by atoms with Gasteiger partial charge in [0, 0.05) is 25.6 Å². The van der Waals surface area contributed by atoms with Gasteiger partial charge in [-0.1, -0.05) is 23.7 Å². The van der Waals surface area contributed by atoms with Crippen LogP contribution in [0.2, 0.25) is 5.02 Å². The predicted octanol–water partition coefficient (Wildman–Crippen LogP) is 3.30. The Hall–Kier alpha value is -2.30. The molecule has 2 atom stereocenters. The highest BCUT2D eigenvalue weighted by atomic mass is 35.5. The van der Waals surface area contributed by atoms with Crippen molar-refractivity contribution >= 4 is 47.7 Å². The summed E-state index contributed by atoms with van der Waals surface area (Å²) in [5.74, 6) is -0.0446. The summed E-state index contributed by atoms with van der Waals surface area (Å²) < 4.78 is 17.8. The second-order valence-corrected chi connectivity index (χ2v) is 12.0. The van der Waals surface area contributed by atoms with E-state index in [4.69, 9.17) is 25.6 Å². The van der Waals surface area contributed by atoms with Gasteiger partial charge in [-0.3, -0.25) is 9.79 Å². The molecule has 9 nitrogen and oxygen atoms in total. The molecule has 1 aromatic carbocycles. The highest BCUT2D eigenvalue weighted by Gasteiger charge is 2.52. The number of benzene rings is 1. The van der Waals surface area contributed by atoms with Crippen molar-refractivity contribution in [1.82, 2.24) is 9.80 Å². The van der Waals surface area contributed by atoms with Crippen molar-refractivity contribution in [1.29, 1.82) is 0 Å². The van der Waals surface area contributed by atoms with Crippen LogP contribution >= 0.6 is 11.6 Å². The van der Waals surface area contributed by atoms with Crippen LogP contribution in [-0.4, -0.2) is 83.8 Å². The van der Waals surface area contributed by atoms with Gasteiger partial charge in [-0.15, -0.1) is 0 Å². The summed E-state index contributed by atoms with van der Waals surface area (Å²) in [6.45, 7) is 14.4. The first-order valence-corrected chi connectivity index (χ1v) is 12.7. The number of anilines is 1. The number of carbonyl (C=O) groups excluding carboxylic acids is 2. The van der Waals surface area contributed by atoms with Gasteiger partial charge in [0.2, 0.25) is 0 Å². The molecule has 0 spiro atoms. The molecule has 2 unspecified atom stereocenters. The molecule has 36 heavy (non-hydrogen) atoms. The number of piperidine rings is 1. The van der Waals surface area contributed by atoms with E-state index in [1.165, 1.54) is 0 Å². The summed E-state index contributed by atoms with van der Waals surface area (Å²) in [7, 11) is 1.21. The zero-order valence-corrected chi connectivity index (χ0v) is 23.1. The third-order valence-electron chi connectivity index (χ3n) is 7.30. The molecule has 0 bridgehead atoms. The zero-order valence-electron chi connectivity index (χ0n) is 22.3. The zero-order chi connectivity index (χ0) is 26.6. The lowest BCUT2D eigenvalue weighted by atomic mass is 9.79. The van der Waals surface area contributed by atoms with E-state index in [2.05, 4.69) is 10.3 Å². The number of rotatable bonds is 3. The van der Waals surface area contributed by atoms with Crippen molar-refractivity contribution in [2.24, 2.45) is 4.99 Å². The maximum absolute atomic E-state index is 13.3. The molecular weight excluding hydrogens is 483 g/mol. The fourth-order valence-electron chi connectivity index (χ4n) is 4.59. The van der Waals surface area contributed by atoms with Crippen molar-refractivity contribution in [3.8, 4) is 0 Å². The number of hydrogen-bond donors (Lipinski definition) is 1. The monoisotopic (exact) mass is 518 g/mol. The maximum atomic E-state index is 13.3. The molecule has 0 aromatic heterocycles. The van der Waals surface area contributed by atoms with Gasteiger partial charge in [-0.2, -0.15) is 0 Å². The van der Waals surface area contributed by atoms with E-state index in [1.807, 2.05) is 66.5 Å². The third-order valence-corrected chi connectivity index (χ3v) is 7.73. The van der Waals surface area contributed by atoms with Crippen LogP contribution in [0.4, 0.5) is 10.5 Å². The summed E-state index contributed by atoms with van der Waals surface area (Å²) in [5.41, 5.74) is -0.481. The molecule has 3 heterocycles. The lowest BCUT2D eigenvalue weighted by molar-refractivity contribution is -0.111. The number of likely N-dealkylation sites (N-methyl/N-ethyl adjacent to an activating group) is 1. The Morgan fingerprint density at radius 1 is 1.19 bits per heavy atom. The molecule has 0 radical (unpaired) electrons. The van der Waals surface area contributed by atoms with Crippen LogP contribution in [0.1, 0.15) is 54.9 Å². The summed E-state index contributed by atoms with van der Waals surface area (Å²) in [4.78, 5) is 34.0. The number of fused-ring (bicyclic) bond motifs is 1. The molecule has 196 valence electrons. The Labute approximate surface area is 218 Å². The van der Waals surface area contributed by atoms with Crippen molar-refractivity contribution in [3.63, 3.8) is 0 Å². The molecule has 2 saturated heterocycles. The quantitative estimate of drug-likeness (QED) is 0.617. The van der Waals surface area contributed by atoms with Crippen molar-refractivity contribution < 1.29 is 23.6 Å². The van der Waals surface area contributed by atoms with Crippen LogP contribution in [0.25, 0.3) is 0 Å². The Morgan fingerprint density at radius 2 is 1.83 bits per heavy atom. The molecule has 0 aliphatic carbocycles. The van der Waals surface area contributed by atoms with E-state index in [0.29, 0.717) is 41.5 Å². The number of carbonyl (C=O) groups is 2. The Bertz CT molecular complexity index is 1070. The number of aliphatic imine (C=N–C) groups is 1. The molecule has 0 saturated carbocycles. The molecule has 3 aliphatic rings. The van der Waals surface area contributed by atoms with Gasteiger partial charge in [-0.05, 0) is 61.0 Å². The van der Waals surface area contributed by atoms with Crippen LogP contribution in [0.3, 0.4) is 0 Å². The van der Waals surface area contributed by atoms with Gasteiger partial charge in [-0.25, -0.2) is 4.79 Å². The number of likely N-dealkylation sites (tertiary alicyclic amines) is 1. The van der Waals surface area contributed by atoms with E-state index >= 15 is 0 Å². The number of nitrogens with zero attached hydrogens (tertiary/aromatic N) is 3. The molecule has 1 N–H and O–H groups in total. The normalized spacial score (nSPS) is 24.9. The maximum Gasteiger partial charge on any atom is 0.496 e. The van der Waals surface area contributed by atoms with Crippen LogP contribution < -0.4 is 10.8 Å². The first-order chi connectivity index (χ1) is 16.6. The number of ether oxygens (including phenoxy) is 1. The number of hydrogen-bond acceptors (Lipinski definition) is 7. The van der Waals surface area contributed by atoms with Crippen molar-refractivity contribution in [3.05, 3.63) is 23.2 Å². The minimum Gasteiger partial charge on any atom is -0.444 e. The second-order valence-electron chi connectivity index (χ2n) is 11.7. The second kappa shape index (κ2) is 9.22. The molecule has 1 aromatic rings. The Morgan fingerprint density at radius 3 is 2.44 bits per heavy atom. The standard InChI is InChI=1S/C25H36BClN4O5/c1-23(2,3)34-22(33)31-13-12-18-17(14-31)28-20(30(18)8)21(32)29-16-11-9-10-15(19(16)27)26-35-24(4,5)25(6,7)36-26/h9-11,17-18H,12-14H2,1-8H3,(H,29,32). The molecule has 2 amide bonds. The topological polar surface area (TPSA) is 92.7 Å². The van der Waals surface area contributed by atoms with Gasteiger partial charge < -0.3 is 29.2 Å². The number of amides is 2. The van der Waals surface area contributed by atoms with E-state index < -0.39 is 23.9 Å². The van der Waals surface area contributed by atoms with E-state index in [-0.39, 0.29) is 24.1 Å². The third kappa shape index (κ3) is 5.08. The summed E-state index contributed by atoms with van der Waals surface area (Å²) >= 11 is 6.70. The minimum atomic E-state index is -0.646. The fourth-order valence-corrected chi connectivity index (χ4v) is 4.85. The largest absolute Gasteiger partial charge is 0.496 e. The molecule has 11 heteroatoms. The van der Waals surface area contributed by atoms with Gasteiger partial charge in [0.1, 0.15) is 5.60 Å². The molecule has 3 aliphatic heterocycles. The Kier molecular flexibility index (Phi) is 6.86. The minimum absolute atomic E-state index is 0.0380. The van der Waals surface area contributed by atoms with Gasteiger partial charge >= 0.3 is 13.2 Å². The predicted molar refractivity (Wildman–Crippen MR) is 141 cm³/mol. The lowest BCUT2D eigenvalue weighted by Crippen LogP contribution is -2.52. The van der Waals surface area contributed by atoms with E-state index in [0.717, 1.165) is 0 Å². The number of halogens is 1. The number of amidine groups is 1. The fraction of sp³-hybridized carbons (Fsp3) is 0.640. The molecule has 2 fully saturated rings. The Balaban J connectivity index is 1.47. The van der Waals surface area contributed by atoms with E-state index in [1.54, 1.807) is 17.0 Å². The average molecular weight is 519 g/mol. The van der Waals surface area contributed by atoms with Crippen LogP contribution in [0.15, 0.2) is 23.2 Å². The van der Waals surface area contributed by atoms with Crippen molar-refractivity contribution in [2.75, 3.05) is 25.5 Å². The van der Waals surface area contributed by atoms with E-state index in [9.17, 15) is 9.59 Å². The average Bonchev–Trinajstić information content (AvgIpc) is 3.20. The van der Waals surface area contributed by atoms with Gasteiger partial charge in [0.15, 0.2) is 5.84 Å². The smallest absolute Gasteiger partial charge is 0.444 e. The van der Waals surface area contributed by atoms with Crippen LogP contribution in [-0.2, 0) is 18.8 Å². The summed E-state index contributed by atoms with van der Waals surface area (Å²) in [6, 6.07) is 5.21. The highest BCUT2D eigenvalue weighted by molar-refractivity contribution is 6.66. The van der Waals surface area contributed by atoms with Gasteiger partial charge in [0.25, 0.3) is 5.91 Å². The molecule has 4 rings (SSSR count). The van der Waals surface area contributed by atoms with Crippen LogP contribution in [0, 0.1) is 0 Å². The SMILES string of the molecule is CN1C(C(=O)Nc2cccc(B3OC(C)(C)C(C)(C)O3)c2Cl)=NC2CN(C(=O)OC(C)(C)C)CCC21. The van der Waals surface area contributed by atoms with Crippen LogP contribution in [0.5, 0.6) is 0 Å². The lowest BCUT2D eigenvalue weighted by Gasteiger charge is -2.37. The summed E-state index contributed by atoms with van der Waals surface area (Å²) in [6.07, 6.45) is 0.335. The summed E-state index contributed by atoms with van der Waals surface area (Å²) in [5, 5.41) is 3.26. The first kappa shape index (κ1) is 26.8. The first-order valence-electron chi connectivity index (χ1n) is 12.3.